The number of ether oxygens (including phenoxy) is 2. The van der Waals surface area contributed by atoms with Crippen LogP contribution in [0.4, 0.5) is 10.1 Å². The third kappa shape index (κ3) is 3.22. The van der Waals surface area contributed by atoms with Crippen LogP contribution in [0.3, 0.4) is 0 Å². The third-order valence-electron chi connectivity index (χ3n) is 2.94. The van der Waals surface area contributed by atoms with Gasteiger partial charge in [0.15, 0.2) is 5.75 Å². The predicted octanol–water partition coefficient (Wildman–Crippen LogP) is 2.09. The predicted molar refractivity (Wildman–Crippen MR) is 76.7 cm³/mol. The number of para-hydroxylation sites is 1. The van der Waals surface area contributed by atoms with Crippen molar-refractivity contribution in [3.05, 3.63) is 53.3 Å². The highest BCUT2D eigenvalue weighted by molar-refractivity contribution is 5.97. The Bertz CT molecular complexity index is 674. The average molecular weight is 290 g/mol. The van der Waals surface area contributed by atoms with E-state index in [9.17, 15) is 9.18 Å². The molecule has 0 spiro atoms. The molecule has 0 atom stereocenters. The lowest BCUT2D eigenvalue weighted by Gasteiger charge is -2.13. The van der Waals surface area contributed by atoms with Crippen LogP contribution < -0.4 is 20.9 Å². The number of methoxy groups -OCH3 is 1. The molecule has 6 heteroatoms. The molecule has 2 aromatic carbocycles. The smallest absolute Gasteiger partial charge is 0.252 e. The van der Waals surface area contributed by atoms with Crippen LogP contribution >= 0.6 is 0 Å². The number of halogens is 1. The largest absolute Gasteiger partial charge is 0.497 e. The van der Waals surface area contributed by atoms with Gasteiger partial charge in [0.2, 0.25) is 0 Å². The number of benzene rings is 2. The van der Waals surface area contributed by atoms with Gasteiger partial charge in [-0.25, -0.2) is 4.39 Å². The highest BCUT2D eigenvalue weighted by atomic mass is 19.1. The zero-order valence-corrected chi connectivity index (χ0v) is 11.4. The second-order valence-corrected chi connectivity index (χ2v) is 4.33. The summed E-state index contributed by atoms with van der Waals surface area (Å²) in [6, 6.07) is 9.07. The molecule has 2 rings (SSSR count). The molecule has 0 aliphatic rings. The Labute approximate surface area is 121 Å². The lowest BCUT2D eigenvalue weighted by Crippen LogP contribution is -2.14. The summed E-state index contributed by atoms with van der Waals surface area (Å²) in [5.41, 5.74) is 11.8. The van der Waals surface area contributed by atoms with Gasteiger partial charge in [0.25, 0.3) is 5.91 Å². The van der Waals surface area contributed by atoms with Gasteiger partial charge in [-0.3, -0.25) is 4.79 Å². The van der Waals surface area contributed by atoms with Crippen molar-refractivity contribution < 1.29 is 18.7 Å². The van der Waals surface area contributed by atoms with Gasteiger partial charge in [-0.15, -0.1) is 0 Å². The summed E-state index contributed by atoms with van der Waals surface area (Å²) in [7, 11) is 1.45. The van der Waals surface area contributed by atoms with Gasteiger partial charge in [-0.05, 0) is 24.3 Å². The highest BCUT2D eigenvalue weighted by Crippen LogP contribution is 2.27. The zero-order chi connectivity index (χ0) is 15.4. The van der Waals surface area contributed by atoms with Gasteiger partial charge in [-0.1, -0.05) is 6.07 Å². The zero-order valence-electron chi connectivity index (χ0n) is 11.4. The molecule has 0 radical (unpaired) electrons. The molecule has 0 aliphatic heterocycles. The van der Waals surface area contributed by atoms with E-state index in [0.29, 0.717) is 11.3 Å². The molecule has 0 fully saturated rings. The molecule has 1 amide bonds. The minimum atomic E-state index is -0.660. The Morgan fingerprint density at radius 3 is 2.67 bits per heavy atom. The standard InChI is InChI=1S/C15H15FN2O3/c1-20-10-6-5-9(12(16)7-10)8-21-14-11(15(18)19)3-2-4-13(14)17/h2-7H,8,17H2,1H3,(H2,18,19). The van der Waals surface area contributed by atoms with E-state index >= 15 is 0 Å². The second kappa shape index (κ2) is 6.13. The fraction of sp³-hybridized carbons (Fsp3) is 0.133. The quantitative estimate of drug-likeness (QED) is 0.825. The monoisotopic (exact) mass is 290 g/mol. The van der Waals surface area contributed by atoms with E-state index in [4.69, 9.17) is 20.9 Å². The maximum Gasteiger partial charge on any atom is 0.252 e. The van der Waals surface area contributed by atoms with Crippen molar-refractivity contribution in [3.63, 3.8) is 0 Å². The highest BCUT2D eigenvalue weighted by Gasteiger charge is 2.13. The Hall–Kier alpha value is -2.76. The van der Waals surface area contributed by atoms with Crippen LogP contribution in [-0.4, -0.2) is 13.0 Å². The normalized spacial score (nSPS) is 10.2. The Kier molecular flexibility index (Phi) is 4.27. The Morgan fingerprint density at radius 1 is 1.29 bits per heavy atom. The molecule has 2 aromatic rings. The van der Waals surface area contributed by atoms with Crippen LogP contribution in [0.5, 0.6) is 11.5 Å². The summed E-state index contributed by atoms with van der Waals surface area (Å²) in [5.74, 6) is -0.564. The van der Waals surface area contributed by atoms with E-state index in [1.54, 1.807) is 18.2 Å². The number of nitrogen functional groups attached to an aromatic ring is 1. The van der Waals surface area contributed by atoms with E-state index in [0.717, 1.165) is 0 Å². The van der Waals surface area contributed by atoms with Crippen LogP contribution in [0.1, 0.15) is 15.9 Å². The minimum absolute atomic E-state index is 0.0790. The fourth-order valence-electron chi connectivity index (χ4n) is 1.83. The first-order valence-electron chi connectivity index (χ1n) is 6.16. The van der Waals surface area contributed by atoms with Gasteiger partial charge in [0.1, 0.15) is 18.2 Å². The number of hydrogen-bond donors (Lipinski definition) is 2. The number of amides is 1. The van der Waals surface area contributed by atoms with Crippen molar-refractivity contribution in [2.75, 3.05) is 12.8 Å². The maximum absolute atomic E-state index is 13.8. The van der Waals surface area contributed by atoms with Crippen LogP contribution in [0, 0.1) is 5.82 Å². The molecule has 0 bridgehead atoms. The summed E-state index contributed by atoms with van der Waals surface area (Å²) in [6.45, 7) is -0.0790. The average Bonchev–Trinajstić information content (AvgIpc) is 2.46. The van der Waals surface area contributed by atoms with Gasteiger partial charge in [-0.2, -0.15) is 0 Å². The topological polar surface area (TPSA) is 87.6 Å². The van der Waals surface area contributed by atoms with E-state index in [-0.39, 0.29) is 23.6 Å². The molecule has 110 valence electrons. The molecule has 0 aromatic heterocycles. The fourth-order valence-corrected chi connectivity index (χ4v) is 1.83. The SMILES string of the molecule is COc1ccc(COc2c(N)cccc2C(N)=O)c(F)c1. The first kappa shape index (κ1) is 14.6. The minimum Gasteiger partial charge on any atom is -0.497 e. The summed E-state index contributed by atoms with van der Waals surface area (Å²) >= 11 is 0. The molecular formula is C15H15FN2O3. The first-order chi connectivity index (χ1) is 10.0. The molecule has 4 N–H and O–H groups in total. The van der Waals surface area contributed by atoms with Gasteiger partial charge < -0.3 is 20.9 Å². The van der Waals surface area contributed by atoms with Gasteiger partial charge in [0, 0.05) is 11.6 Å². The van der Waals surface area contributed by atoms with Gasteiger partial charge >= 0.3 is 0 Å². The van der Waals surface area contributed by atoms with Crippen molar-refractivity contribution in [1.29, 1.82) is 0 Å². The molecule has 5 nitrogen and oxygen atoms in total. The molecular weight excluding hydrogens is 275 g/mol. The third-order valence-corrected chi connectivity index (χ3v) is 2.94. The molecule has 21 heavy (non-hydrogen) atoms. The van der Waals surface area contributed by atoms with Crippen molar-refractivity contribution in [2.24, 2.45) is 5.73 Å². The van der Waals surface area contributed by atoms with Gasteiger partial charge in [0.05, 0.1) is 18.4 Å². The number of anilines is 1. The van der Waals surface area contributed by atoms with Crippen molar-refractivity contribution in [1.82, 2.24) is 0 Å². The number of rotatable bonds is 5. The summed E-state index contributed by atoms with van der Waals surface area (Å²) < 4.78 is 24.2. The number of nitrogens with two attached hydrogens (primary N) is 2. The lowest BCUT2D eigenvalue weighted by molar-refractivity contribution is 0.0996. The number of primary amides is 1. The van der Waals surface area contributed by atoms with Crippen LogP contribution in [0.15, 0.2) is 36.4 Å². The lowest BCUT2D eigenvalue weighted by atomic mass is 10.1. The molecule has 0 heterocycles. The first-order valence-corrected chi connectivity index (χ1v) is 6.16. The molecule has 0 aliphatic carbocycles. The summed E-state index contributed by atoms with van der Waals surface area (Å²) in [6.07, 6.45) is 0. The van der Waals surface area contributed by atoms with Crippen LogP contribution in [-0.2, 0) is 6.61 Å². The van der Waals surface area contributed by atoms with Crippen molar-refractivity contribution in [2.45, 2.75) is 6.61 Å². The molecule has 0 saturated carbocycles. The van der Waals surface area contributed by atoms with Crippen molar-refractivity contribution in [3.8, 4) is 11.5 Å². The molecule has 0 saturated heterocycles. The van der Waals surface area contributed by atoms with E-state index in [1.165, 1.54) is 25.3 Å². The number of carbonyl (C=O) groups is 1. The van der Waals surface area contributed by atoms with Crippen LogP contribution in [0.2, 0.25) is 0 Å². The molecule has 0 unspecified atom stereocenters. The Morgan fingerprint density at radius 2 is 2.05 bits per heavy atom. The maximum atomic E-state index is 13.8. The number of carbonyl (C=O) groups excluding carboxylic acids is 1. The van der Waals surface area contributed by atoms with Crippen LogP contribution in [0.25, 0.3) is 0 Å². The second-order valence-electron chi connectivity index (χ2n) is 4.33. The number of hydrogen-bond acceptors (Lipinski definition) is 4. The Balaban J connectivity index is 2.22. The summed E-state index contributed by atoms with van der Waals surface area (Å²) in [5, 5.41) is 0. The van der Waals surface area contributed by atoms with E-state index < -0.39 is 11.7 Å². The van der Waals surface area contributed by atoms with Crippen molar-refractivity contribution >= 4 is 11.6 Å². The summed E-state index contributed by atoms with van der Waals surface area (Å²) in [4.78, 5) is 11.3. The van der Waals surface area contributed by atoms with E-state index in [2.05, 4.69) is 0 Å². The van der Waals surface area contributed by atoms with E-state index in [1.807, 2.05) is 0 Å².